The van der Waals surface area contributed by atoms with Gasteiger partial charge < -0.3 is 10.1 Å². The minimum atomic E-state index is -0.356. The predicted octanol–water partition coefficient (Wildman–Crippen LogP) is 1.77. The van der Waals surface area contributed by atoms with E-state index in [1.54, 1.807) is 6.20 Å². The number of amides is 1. The first-order valence-corrected chi connectivity index (χ1v) is 6.63. The molecule has 1 aliphatic heterocycles. The van der Waals surface area contributed by atoms with Crippen LogP contribution < -0.4 is 5.32 Å². The molecule has 1 saturated heterocycles. The molecule has 0 bridgehead atoms. The summed E-state index contributed by atoms with van der Waals surface area (Å²) in [5.74, 6) is 0. The molecule has 2 rings (SSSR count). The maximum atomic E-state index is 11.1. The zero-order valence-corrected chi connectivity index (χ0v) is 11.8. The maximum Gasteiger partial charge on any atom is 0.407 e. The molecular weight excluding hydrogens is 298 g/mol. The van der Waals surface area contributed by atoms with Gasteiger partial charge in [-0.1, -0.05) is 0 Å². The Labute approximate surface area is 115 Å². The van der Waals surface area contributed by atoms with Crippen LogP contribution in [0.5, 0.6) is 0 Å². The van der Waals surface area contributed by atoms with E-state index in [1.807, 2.05) is 6.20 Å². The van der Waals surface area contributed by atoms with Crippen molar-refractivity contribution in [3.63, 3.8) is 0 Å². The van der Waals surface area contributed by atoms with Crippen LogP contribution in [0.15, 0.2) is 22.9 Å². The molecule has 1 amide bonds. The molecule has 0 spiro atoms. The number of carbonyl (C=O) groups excluding carboxylic acids is 1. The Hall–Kier alpha value is -1.14. The van der Waals surface area contributed by atoms with Crippen LogP contribution in [-0.2, 0) is 11.3 Å². The Morgan fingerprint density at radius 1 is 1.67 bits per heavy atom. The number of aromatic nitrogens is 1. The third-order valence-electron chi connectivity index (χ3n) is 2.95. The lowest BCUT2D eigenvalue weighted by Crippen LogP contribution is -2.36. The van der Waals surface area contributed by atoms with Crippen LogP contribution in [0, 0.1) is 0 Å². The smallest absolute Gasteiger partial charge is 0.407 e. The average molecular weight is 314 g/mol. The summed E-state index contributed by atoms with van der Waals surface area (Å²) in [6.45, 7) is 2.68. The van der Waals surface area contributed by atoms with Gasteiger partial charge in [-0.05, 0) is 34.0 Å². The highest BCUT2D eigenvalue weighted by atomic mass is 79.9. The number of ether oxygens (including phenoxy) is 1. The van der Waals surface area contributed by atoms with E-state index in [0.29, 0.717) is 0 Å². The highest BCUT2D eigenvalue weighted by Crippen LogP contribution is 2.15. The molecule has 18 heavy (non-hydrogen) atoms. The summed E-state index contributed by atoms with van der Waals surface area (Å²) in [6, 6.07) is 2.24. The lowest BCUT2D eigenvalue weighted by Gasteiger charge is -2.16. The lowest BCUT2D eigenvalue weighted by molar-refractivity contribution is 0.166. The molecule has 1 aromatic rings. The fourth-order valence-corrected chi connectivity index (χ4v) is 2.53. The predicted molar refractivity (Wildman–Crippen MR) is 71.2 cm³/mol. The van der Waals surface area contributed by atoms with Crippen LogP contribution >= 0.6 is 15.9 Å². The Morgan fingerprint density at radius 3 is 3.22 bits per heavy atom. The molecule has 0 saturated carbocycles. The van der Waals surface area contributed by atoms with E-state index in [4.69, 9.17) is 0 Å². The zero-order chi connectivity index (χ0) is 13.0. The third kappa shape index (κ3) is 3.68. The van der Waals surface area contributed by atoms with Gasteiger partial charge in [0.15, 0.2) is 0 Å². The van der Waals surface area contributed by atoms with Crippen LogP contribution in [-0.4, -0.2) is 42.2 Å². The molecule has 1 aromatic heterocycles. The number of halogens is 1. The highest BCUT2D eigenvalue weighted by molar-refractivity contribution is 9.10. The van der Waals surface area contributed by atoms with Crippen molar-refractivity contribution in [1.29, 1.82) is 0 Å². The van der Waals surface area contributed by atoms with E-state index in [9.17, 15) is 4.79 Å². The molecule has 0 aromatic carbocycles. The van der Waals surface area contributed by atoms with Crippen LogP contribution in [0.25, 0.3) is 0 Å². The molecule has 1 atom stereocenters. The quantitative estimate of drug-likeness (QED) is 0.924. The van der Waals surface area contributed by atoms with E-state index in [1.165, 1.54) is 12.7 Å². The summed E-state index contributed by atoms with van der Waals surface area (Å²) < 4.78 is 5.59. The van der Waals surface area contributed by atoms with E-state index >= 15 is 0 Å². The molecule has 1 fully saturated rings. The number of likely N-dealkylation sites (tertiary alicyclic amines) is 1. The number of hydrogen-bond donors (Lipinski definition) is 1. The number of hydrogen-bond acceptors (Lipinski definition) is 4. The van der Waals surface area contributed by atoms with Crippen molar-refractivity contribution in [2.45, 2.75) is 19.0 Å². The summed E-state index contributed by atoms with van der Waals surface area (Å²) >= 11 is 3.41. The Balaban J connectivity index is 1.84. The minimum absolute atomic E-state index is 0.178. The molecule has 6 heteroatoms. The fraction of sp³-hybridized carbons (Fsp3) is 0.500. The second-order valence-electron chi connectivity index (χ2n) is 4.37. The SMILES string of the molecule is COC(=O)NC1CCN(Cc2cncc(Br)c2)C1. The van der Waals surface area contributed by atoms with E-state index in [-0.39, 0.29) is 12.1 Å². The number of nitrogens with one attached hydrogen (secondary N) is 1. The summed E-state index contributed by atoms with van der Waals surface area (Å²) in [6.07, 6.45) is 4.24. The second kappa shape index (κ2) is 6.15. The summed E-state index contributed by atoms with van der Waals surface area (Å²) in [7, 11) is 1.38. The Morgan fingerprint density at radius 2 is 2.50 bits per heavy atom. The Bertz CT molecular complexity index is 428. The van der Waals surface area contributed by atoms with Gasteiger partial charge in [0.1, 0.15) is 0 Å². The van der Waals surface area contributed by atoms with Crippen molar-refractivity contribution < 1.29 is 9.53 Å². The van der Waals surface area contributed by atoms with Crippen molar-refractivity contribution in [3.05, 3.63) is 28.5 Å². The van der Waals surface area contributed by atoms with Gasteiger partial charge in [0.2, 0.25) is 0 Å². The van der Waals surface area contributed by atoms with Crippen LogP contribution in [0.3, 0.4) is 0 Å². The number of nitrogens with zero attached hydrogens (tertiary/aromatic N) is 2. The number of alkyl carbamates (subject to hydrolysis) is 1. The third-order valence-corrected chi connectivity index (χ3v) is 3.38. The lowest BCUT2D eigenvalue weighted by atomic mass is 10.2. The summed E-state index contributed by atoms with van der Waals surface area (Å²) in [5.41, 5.74) is 1.17. The average Bonchev–Trinajstić information content (AvgIpc) is 2.76. The van der Waals surface area contributed by atoms with E-state index in [0.717, 1.165) is 30.5 Å². The van der Waals surface area contributed by atoms with Gasteiger partial charge in [-0.15, -0.1) is 0 Å². The summed E-state index contributed by atoms with van der Waals surface area (Å²) in [4.78, 5) is 17.5. The summed E-state index contributed by atoms with van der Waals surface area (Å²) in [5, 5.41) is 2.83. The molecular formula is C12H16BrN3O2. The normalized spacial score (nSPS) is 19.8. The van der Waals surface area contributed by atoms with Crippen LogP contribution in [0.4, 0.5) is 4.79 Å². The van der Waals surface area contributed by atoms with Crippen molar-refractivity contribution in [2.24, 2.45) is 0 Å². The number of pyridine rings is 1. The zero-order valence-electron chi connectivity index (χ0n) is 10.2. The van der Waals surface area contributed by atoms with Crippen molar-refractivity contribution in [2.75, 3.05) is 20.2 Å². The van der Waals surface area contributed by atoms with Gasteiger partial charge in [-0.3, -0.25) is 9.88 Å². The molecule has 2 heterocycles. The molecule has 1 aliphatic rings. The number of rotatable bonds is 3. The standard InChI is InChI=1S/C12H16BrN3O2/c1-18-12(17)15-11-2-3-16(8-11)7-9-4-10(13)6-14-5-9/h4-6,11H,2-3,7-8H2,1H3,(H,15,17). The molecule has 0 radical (unpaired) electrons. The maximum absolute atomic E-state index is 11.1. The van der Waals surface area contributed by atoms with Gasteiger partial charge >= 0.3 is 6.09 Å². The van der Waals surface area contributed by atoms with Crippen LogP contribution in [0.1, 0.15) is 12.0 Å². The molecule has 5 nitrogen and oxygen atoms in total. The van der Waals surface area contributed by atoms with Crippen LogP contribution in [0.2, 0.25) is 0 Å². The van der Waals surface area contributed by atoms with E-state index in [2.05, 4.69) is 41.9 Å². The van der Waals surface area contributed by atoms with Gasteiger partial charge in [0, 0.05) is 42.5 Å². The fourth-order valence-electron chi connectivity index (χ4n) is 2.12. The number of carbonyl (C=O) groups is 1. The second-order valence-corrected chi connectivity index (χ2v) is 5.28. The molecule has 98 valence electrons. The van der Waals surface area contributed by atoms with Crippen molar-refractivity contribution >= 4 is 22.0 Å². The first-order valence-electron chi connectivity index (χ1n) is 5.83. The van der Waals surface area contributed by atoms with Gasteiger partial charge in [-0.25, -0.2) is 4.79 Å². The van der Waals surface area contributed by atoms with Crippen molar-refractivity contribution in [1.82, 2.24) is 15.2 Å². The first-order chi connectivity index (χ1) is 8.67. The Kier molecular flexibility index (Phi) is 4.54. The monoisotopic (exact) mass is 313 g/mol. The molecule has 1 N–H and O–H groups in total. The highest BCUT2D eigenvalue weighted by Gasteiger charge is 2.23. The van der Waals surface area contributed by atoms with Gasteiger partial charge in [0.25, 0.3) is 0 Å². The molecule has 0 aliphatic carbocycles. The largest absolute Gasteiger partial charge is 0.453 e. The van der Waals surface area contributed by atoms with E-state index < -0.39 is 0 Å². The minimum Gasteiger partial charge on any atom is -0.453 e. The molecule has 1 unspecified atom stereocenters. The van der Waals surface area contributed by atoms with Crippen molar-refractivity contribution in [3.8, 4) is 0 Å². The number of methoxy groups -OCH3 is 1. The van der Waals surface area contributed by atoms with Gasteiger partial charge in [0.05, 0.1) is 7.11 Å². The van der Waals surface area contributed by atoms with Gasteiger partial charge in [-0.2, -0.15) is 0 Å². The first kappa shape index (κ1) is 13.3. The topological polar surface area (TPSA) is 54.5 Å².